The molecule has 0 spiro atoms. The van der Waals surface area contributed by atoms with Crippen LogP contribution in [0, 0.1) is 6.92 Å². The molecule has 1 aliphatic heterocycles. The molecule has 5 nitrogen and oxygen atoms in total. The molecule has 172 valence electrons. The number of ether oxygens (including phenoxy) is 1. The quantitative estimate of drug-likeness (QED) is 0.349. The Morgan fingerprint density at radius 3 is 2.62 bits per heavy atom. The predicted molar refractivity (Wildman–Crippen MR) is 136 cm³/mol. The van der Waals surface area contributed by atoms with Crippen molar-refractivity contribution in [2.75, 3.05) is 11.9 Å². The summed E-state index contributed by atoms with van der Waals surface area (Å²) in [7, 11) is 0. The van der Waals surface area contributed by atoms with Crippen LogP contribution < -0.4 is 10.1 Å². The van der Waals surface area contributed by atoms with E-state index >= 15 is 0 Å². The van der Waals surface area contributed by atoms with Crippen molar-refractivity contribution in [2.45, 2.75) is 26.4 Å². The second-order valence-corrected chi connectivity index (χ2v) is 8.71. The van der Waals surface area contributed by atoms with Gasteiger partial charge in [-0.2, -0.15) is 0 Å². The zero-order valence-corrected chi connectivity index (χ0v) is 19.9. The van der Waals surface area contributed by atoms with Crippen LogP contribution in [0.25, 0.3) is 5.69 Å². The highest BCUT2D eigenvalue weighted by Crippen LogP contribution is 2.37. The fourth-order valence-electron chi connectivity index (χ4n) is 4.53. The van der Waals surface area contributed by atoms with Crippen LogP contribution in [-0.2, 0) is 6.54 Å². The lowest BCUT2D eigenvalue weighted by molar-refractivity contribution is 0.194. The van der Waals surface area contributed by atoms with E-state index in [-0.39, 0.29) is 12.1 Å². The molecule has 2 amide bonds. The summed E-state index contributed by atoms with van der Waals surface area (Å²) in [6.07, 6.45) is 2.05. The monoisotopic (exact) mass is 471 g/mol. The van der Waals surface area contributed by atoms with Gasteiger partial charge in [-0.1, -0.05) is 48.0 Å². The number of benzene rings is 3. The standard InChI is InChI=1S/C28H26ClN3O2/c1-3-34-22-15-13-20(14-16-22)27-26-12-7-17-31(26)25-11-5-4-8-21(25)18-32(27)28(33)30-24-10-6-9-23(29)19(24)2/h4-17,27H,3,18H2,1-2H3,(H,30,33)/t27-/m0/s1. The number of aromatic nitrogens is 1. The number of para-hydroxylation sites is 1. The Morgan fingerprint density at radius 1 is 1.03 bits per heavy atom. The Balaban J connectivity index is 1.61. The summed E-state index contributed by atoms with van der Waals surface area (Å²) >= 11 is 6.31. The number of urea groups is 1. The van der Waals surface area contributed by atoms with E-state index < -0.39 is 0 Å². The number of anilines is 1. The van der Waals surface area contributed by atoms with Gasteiger partial charge in [0.2, 0.25) is 0 Å². The summed E-state index contributed by atoms with van der Waals surface area (Å²) in [6.45, 7) is 4.94. The maximum atomic E-state index is 13.8. The van der Waals surface area contributed by atoms with Crippen LogP contribution in [0.2, 0.25) is 5.02 Å². The van der Waals surface area contributed by atoms with Gasteiger partial charge in [0.25, 0.3) is 0 Å². The van der Waals surface area contributed by atoms with Gasteiger partial charge in [-0.15, -0.1) is 0 Å². The molecule has 34 heavy (non-hydrogen) atoms. The van der Waals surface area contributed by atoms with Crippen molar-refractivity contribution in [3.8, 4) is 11.4 Å². The molecule has 6 heteroatoms. The van der Waals surface area contributed by atoms with E-state index in [0.29, 0.717) is 23.9 Å². The number of amides is 2. The third kappa shape index (κ3) is 4.03. The first-order valence-electron chi connectivity index (χ1n) is 11.4. The first-order chi connectivity index (χ1) is 16.6. The molecule has 0 saturated carbocycles. The molecule has 1 aliphatic rings. The largest absolute Gasteiger partial charge is 0.494 e. The molecule has 0 unspecified atom stereocenters. The lowest BCUT2D eigenvalue weighted by Crippen LogP contribution is -2.38. The number of fused-ring (bicyclic) bond motifs is 3. The second-order valence-electron chi connectivity index (χ2n) is 8.31. The maximum Gasteiger partial charge on any atom is 0.322 e. The lowest BCUT2D eigenvalue weighted by atomic mass is 10.0. The summed E-state index contributed by atoms with van der Waals surface area (Å²) < 4.78 is 7.82. The fourth-order valence-corrected chi connectivity index (χ4v) is 4.71. The number of halogens is 1. The summed E-state index contributed by atoms with van der Waals surface area (Å²) in [6, 6.07) is 25.4. The fraction of sp³-hybridized carbons (Fsp3) is 0.179. The van der Waals surface area contributed by atoms with Gasteiger partial charge in [-0.25, -0.2) is 4.79 Å². The van der Waals surface area contributed by atoms with Gasteiger partial charge in [0.05, 0.1) is 24.9 Å². The normalized spacial score (nSPS) is 14.7. The zero-order chi connectivity index (χ0) is 23.7. The van der Waals surface area contributed by atoms with E-state index in [4.69, 9.17) is 16.3 Å². The van der Waals surface area contributed by atoms with E-state index in [1.807, 2.05) is 79.4 Å². The molecular formula is C28H26ClN3O2. The van der Waals surface area contributed by atoms with Crippen molar-refractivity contribution >= 4 is 23.3 Å². The number of hydrogen-bond donors (Lipinski definition) is 1. The highest BCUT2D eigenvalue weighted by Gasteiger charge is 2.33. The van der Waals surface area contributed by atoms with Gasteiger partial charge < -0.3 is 19.5 Å². The van der Waals surface area contributed by atoms with E-state index in [9.17, 15) is 4.79 Å². The zero-order valence-electron chi connectivity index (χ0n) is 19.2. The minimum absolute atomic E-state index is 0.186. The number of nitrogens with one attached hydrogen (secondary N) is 1. The first-order valence-corrected chi connectivity index (χ1v) is 11.8. The van der Waals surface area contributed by atoms with Crippen LogP contribution in [0.5, 0.6) is 5.75 Å². The number of carbonyl (C=O) groups is 1. The van der Waals surface area contributed by atoms with Crippen LogP contribution in [0.15, 0.2) is 85.1 Å². The molecule has 0 radical (unpaired) electrons. The van der Waals surface area contributed by atoms with Crippen molar-refractivity contribution in [1.29, 1.82) is 0 Å². The SMILES string of the molecule is CCOc1ccc([C@H]2c3cccn3-c3ccccc3CN2C(=O)Nc2cccc(Cl)c2C)cc1. The van der Waals surface area contributed by atoms with Gasteiger partial charge in [0.15, 0.2) is 0 Å². The number of hydrogen-bond acceptors (Lipinski definition) is 2. The molecule has 5 rings (SSSR count). The number of carbonyl (C=O) groups excluding carboxylic acids is 1. The molecule has 0 saturated heterocycles. The van der Waals surface area contributed by atoms with Gasteiger partial charge in [-0.05, 0) is 73.0 Å². The molecule has 1 aromatic heterocycles. The third-order valence-electron chi connectivity index (χ3n) is 6.24. The summed E-state index contributed by atoms with van der Waals surface area (Å²) in [5, 5.41) is 3.72. The molecule has 0 fully saturated rings. The minimum Gasteiger partial charge on any atom is -0.494 e. The van der Waals surface area contributed by atoms with Crippen molar-refractivity contribution in [2.24, 2.45) is 0 Å². The van der Waals surface area contributed by atoms with Crippen LogP contribution in [0.3, 0.4) is 0 Å². The molecule has 3 aromatic carbocycles. The average Bonchev–Trinajstić information content (AvgIpc) is 3.27. The topological polar surface area (TPSA) is 46.5 Å². The van der Waals surface area contributed by atoms with Crippen LogP contribution in [-0.4, -0.2) is 22.1 Å². The third-order valence-corrected chi connectivity index (χ3v) is 6.65. The molecule has 0 bridgehead atoms. The highest BCUT2D eigenvalue weighted by atomic mass is 35.5. The Morgan fingerprint density at radius 2 is 1.82 bits per heavy atom. The van der Waals surface area contributed by atoms with Crippen molar-refractivity contribution in [1.82, 2.24) is 9.47 Å². The van der Waals surface area contributed by atoms with E-state index in [1.165, 1.54) is 0 Å². The second kappa shape index (κ2) is 9.27. The maximum absolute atomic E-state index is 13.8. The minimum atomic E-state index is -0.294. The van der Waals surface area contributed by atoms with Crippen molar-refractivity contribution in [3.05, 3.63) is 112 Å². The Bertz CT molecular complexity index is 1330. The summed E-state index contributed by atoms with van der Waals surface area (Å²) in [5.74, 6) is 0.809. The van der Waals surface area contributed by atoms with Crippen LogP contribution >= 0.6 is 11.6 Å². The van der Waals surface area contributed by atoms with Gasteiger partial charge in [0, 0.05) is 22.6 Å². The van der Waals surface area contributed by atoms with Gasteiger partial charge in [-0.3, -0.25) is 0 Å². The molecule has 1 atom stereocenters. The Kier molecular flexibility index (Phi) is 6.03. The molecule has 0 aliphatic carbocycles. The summed E-state index contributed by atoms with van der Waals surface area (Å²) in [4.78, 5) is 15.7. The predicted octanol–water partition coefficient (Wildman–Crippen LogP) is 6.97. The lowest BCUT2D eigenvalue weighted by Gasteiger charge is -2.31. The molecular weight excluding hydrogens is 446 g/mol. The van der Waals surface area contributed by atoms with Gasteiger partial charge in [0.1, 0.15) is 5.75 Å². The Labute approximate surface area is 204 Å². The smallest absolute Gasteiger partial charge is 0.322 e. The number of nitrogens with zero attached hydrogens (tertiary/aromatic N) is 2. The van der Waals surface area contributed by atoms with Crippen LogP contribution in [0.4, 0.5) is 10.5 Å². The Hall–Kier alpha value is -3.70. The van der Waals surface area contributed by atoms with E-state index in [2.05, 4.69) is 34.3 Å². The molecule has 2 heterocycles. The average molecular weight is 472 g/mol. The van der Waals surface area contributed by atoms with E-state index in [0.717, 1.165) is 33.8 Å². The first kappa shape index (κ1) is 22.1. The highest BCUT2D eigenvalue weighted by molar-refractivity contribution is 6.31. The van der Waals surface area contributed by atoms with E-state index in [1.54, 1.807) is 0 Å². The molecule has 1 N–H and O–H groups in total. The van der Waals surface area contributed by atoms with Gasteiger partial charge >= 0.3 is 6.03 Å². The summed E-state index contributed by atoms with van der Waals surface area (Å²) in [5.41, 5.74) is 5.73. The number of rotatable bonds is 4. The van der Waals surface area contributed by atoms with Crippen molar-refractivity contribution in [3.63, 3.8) is 0 Å². The van der Waals surface area contributed by atoms with Crippen LogP contribution in [0.1, 0.15) is 35.3 Å². The molecule has 4 aromatic rings. The van der Waals surface area contributed by atoms with Crippen molar-refractivity contribution < 1.29 is 9.53 Å².